The number of hydrogen-bond donors (Lipinski definition) is 1. The summed E-state index contributed by atoms with van der Waals surface area (Å²) in [6, 6.07) is 17.8. The number of methoxy groups -OCH3 is 2. The molecule has 154 valence electrons. The zero-order chi connectivity index (χ0) is 21.3. The summed E-state index contributed by atoms with van der Waals surface area (Å²) in [6.45, 7) is 2.05. The zero-order valence-electron chi connectivity index (χ0n) is 16.7. The van der Waals surface area contributed by atoms with Crippen molar-refractivity contribution in [3.63, 3.8) is 0 Å². The van der Waals surface area contributed by atoms with Gasteiger partial charge in [0.2, 0.25) is 0 Å². The summed E-state index contributed by atoms with van der Waals surface area (Å²) in [7, 11) is -0.812. The van der Waals surface area contributed by atoms with Crippen molar-refractivity contribution in [1.82, 2.24) is 4.98 Å². The monoisotopic (exact) mass is 440 g/mol. The largest absolute Gasteiger partial charge is 0.493 e. The molecule has 30 heavy (non-hydrogen) atoms. The molecule has 8 heteroatoms. The van der Waals surface area contributed by atoms with Gasteiger partial charge >= 0.3 is 0 Å². The molecule has 1 aromatic heterocycles. The Hall–Kier alpha value is -3.10. The van der Waals surface area contributed by atoms with E-state index < -0.39 is 10.0 Å². The van der Waals surface area contributed by atoms with E-state index in [1.165, 1.54) is 31.9 Å². The molecule has 0 saturated carbocycles. The van der Waals surface area contributed by atoms with Crippen LogP contribution in [0.1, 0.15) is 5.56 Å². The molecular weight excluding hydrogens is 420 g/mol. The molecule has 0 aliphatic carbocycles. The van der Waals surface area contributed by atoms with E-state index in [2.05, 4.69) is 22.7 Å². The van der Waals surface area contributed by atoms with Crippen LogP contribution in [0.3, 0.4) is 0 Å². The third-order valence-corrected chi connectivity index (χ3v) is 7.04. The predicted molar refractivity (Wildman–Crippen MR) is 120 cm³/mol. The van der Waals surface area contributed by atoms with Gasteiger partial charge in [0.15, 0.2) is 11.5 Å². The highest BCUT2D eigenvalue weighted by Gasteiger charge is 2.17. The van der Waals surface area contributed by atoms with Crippen molar-refractivity contribution in [2.45, 2.75) is 11.8 Å². The van der Waals surface area contributed by atoms with E-state index in [0.717, 1.165) is 20.8 Å². The Morgan fingerprint density at radius 2 is 1.63 bits per heavy atom. The summed E-state index contributed by atoms with van der Waals surface area (Å²) in [6.07, 6.45) is 0. The molecule has 0 fully saturated rings. The number of benzene rings is 3. The lowest BCUT2D eigenvalue weighted by molar-refractivity contribution is 0.354. The Bertz CT molecular complexity index is 1310. The van der Waals surface area contributed by atoms with Gasteiger partial charge in [0.05, 0.1) is 29.3 Å². The van der Waals surface area contributed by atoms with Crippen LogP contribution in [0.25, 0.3) is 20.8 Å². The quantitative estimate of drug-likeness (QED) is 0.452. The van der Waals surface area contributed by atoms with Gasteiger partial charge in [0.25, 0.3) is 10.0 Å². The minimum atomic E-state index is -3.77. The maximum absolute atomic E-state index is 12.8. The van der Waals surface area contributed by atoms with E-state index in [0.29, 0.717) is 17.2 Å². The fraction of sp³-hybridized carbons (Fsp3) is 0.136. The highest BCUT2D eigenvalue weighted by molar-refractivity contribution is 7.92. The van der Waals surface area contributed by atoms with Crippen molar-refractivity contribution in [2.75, 3.05) is 18.9 Å². The smallest absolute Gasteiger partial charge is 0.262 e. The summed E-state index contributed by atoms with van der Waals surface area (Å²) >= 11 is 1.61. The van der Waals surface area contributed by atoms with Crippen LogP contribution >= 0.6 is 11.3 Å². The number of thiazole rings is 1. The Balaban J connectivity index is 1.58. The van der Waals surface area contributed by atoms with Crippen molar-refractivity contribution in [3.8, 4) is 22.1 Å². The fourth-order valence-electron chi connectivity index (χ4n) is 3.03. The molecule has 0 saturated heterocycles. The Labute approximate surface area is 179 Å². The van der Waals surface area contributed by atoms with Crippen LogP contribution in [-0.4, -0.2) is 27.6 Å². The Morgan fingerprint density at radius 3 is 2.33 bits per heavy atom. The Morgan fingerprint density at radius 1 is 0.900 bits per heavy atom. The van der Waals surface area contributed by atoms with E-state index >= 15 is 0 Å². The topological polar surface area (TPSA) is 77.5 Å². The first kappa shape index (κ1) is 20.2. The molecule has 0 atom stereocenters. The summed E-state index contributed by atoms with van der Waals surface area (Å²) in [5, 5.41) is 0.893. The Kier molecular flexibility index (Phi) is 5.36. The number of ether oxygens (including phenoxy) is 2. The second-order valence-electron chi connectivity index (χ2n) is 6.69. The number of aromatic nitrogens is 1. The van der Waals surface area contributed by atoms with Crippen LogP contribution in [0.5, 0.6) is 11.5 Å². The lowest BCUT2D eigenvalue weighted by atomic mass is 10.2. The molecule has 3 aromatic carbocycles. The average molecular weight is 441 g/mol. The van der Waals surface area contributed by atoms with Crippen molar-refractivity contribution in [1.29, 1.82) is 0 Å². The average Bonchev–Trinajstić information content (AvgIpc) is 3.16. The molecule has 0 bridgehead atoms. The third kappa shape index (κ3) is 3.96. The molecule has 0 radical (unpaired) electrons. The predicted octanol–water partition coefficient (Wildman–Crippen LogP) is 5.09. The van der Waals surface area contributed by atoms with Crippen LogP contribution in [0.2, 0.25) is 0 Å². The third-order valence-electron chi connectivity index (χ3n) is 4.59. The van der Waals surface area contributed by atoms with Gasteiger partial charge in [-0.15, -0.1) is 11.3 Å². The number of nitrogens with one attached hydrogen (secondary N) is 1. The summed E-state index contributed by atoms with van der Waals surface area (Å²) in [5.41, 5.74) is 3.55. The van der Waals surface area contributed by atoms with Crippen molar-refractivity contribution < 1.29 is 17.9 Å². The van der Waals surface area contributed by atoms with Gasteiger partial charge in [-0.05, 0) is 61.0 Å². The molecule has 0 aliphatic rings. The van der Waals surface area contributed by atoms with Gasteiger partial charge in [-0.1, -0.05) is 6.07 Å². The second-order valence-corrected chi connectivity index (χ2v) is 9.40. The van der Waals surface area contributed by atoms with Gasteiger partial charge in [0, 0.05) is 17.3 Å². The lowest BCUT2D eigenvalue weighted by Crippen LogP contribution is -2.13. The molecular formula is C22H20N2O4S2. The zero-order valence-corrected chi connectivity index (χ0v) is 18.3. The standard InChI is InChI=1S/C22H20N2O4S2/c1-14-4-10-18-21(12-14)29-22(23-18)15-5-7-16(8-6-15)24-30(25,26)17-9-11-19(27-2)20(13-17)28-3/h4-13,24H,1-3H3. The van der Waals surface area contributed by atoms with Gasteiger partial charge in [-0.3, -0.25) is 4.72 Å². The minimum absolute atomic E-state index is 0.0887. The molecule has 0 spiro atoms. The molecule has 0 unspecified atom stereocenters. The van der Waals surface area contributed by atoms with Crippen LogP contribution in [0.4, 0.5) is 5.69 Å². The molecule has 4 aromatic rings. The van der Waals surface area contributed by atoms with Crippen LogP contribution in [-0.2, 0) is 10.0 Å². The molecule has 0 aliphatic heterocycles. The van der Waals surface area contributed by atoms with Crippen molar-refractivity contribution in [2.24, 2.45) is 0 Å². The number of rotatable bonds is 6. The fourth-order valence-corrected chi connectivity index (χ4v) is 5.18. The van der Waals surface area contributed by atoms with Gasteiger partial charge in [0.1, 0.15) is 5.01 Å². The van der Waals surface area contributed by atoms with E-state index in [9.17, 15) is 8.42 Å². The normalized spacial score (nSPS) is 11.4. The first-order valence-electron chi connectivity index (χ1n) is 9.12. The highest BCUT2D eigenvalue weighted by Crippen LogP contribution is 2.32. The first-order chi connectivity index (χ1) is 14.4. The molecule has 6 nitrogen and oxygen atoms in total. The van der Waals surface area contributed by atoms with Gasteiger partial charge in [-0.25, -0.2) is 13.4 Å². The van der Waals surface area contributed by atoms with E-state index in [1.807, 2.05) is 24.3 Å². The molecule has 0 amide bonds. The van der Waals surface area contributed by atoms with Crippen molar-refractivity contribution in [3.05, 3.63) is 66.2 Å². The maximum atomic E-state index is 12.8. The molecule has 1 N–H and O–H groups in total. The first-order valence-corrected chi connectivity index (χ1v) is 11.4. The summed E-state index contributed by atoms with van der Waals surface area (Å²) in [5.74, 6) is 0.814. The van der Waals surface area contributed by atoms with Gasteiger partial charge in [-0.2, -0.15) is 0 Å². The van der Waals surface area contributed by atoms with Crippen LogP contribution in [0.15, 0.2) is 65.6 Å². The maximum Gasteiger partial charge on any atom is 0.262 e. The van der Waals surface area contributed by atoms with E-state index in [1.54, 1.807) is 29.5 Å². The van der Waals surface area contributed by atoms with Crippen LogP contribution in [0, 0.1) is 6.92 Å². The van der Waals surface area contributed by atoms with E-state index in [4.69, 9.17) is 9.47 Å². The summed E-state index contributed by atoms with van der Waals surface area (Å²) in [4.78, 5) is 4.75. The van der Waals surface area contributed by atoms with Crippen molar-refractivity contribution >= 4 is 37.3 Å². The summed E-state index contributed by atoms with van der Waals surface area (Å²) < 4.78 is 39.6. The number of nitrogens with zero attached hydrogens (tertiary/aromatic N) is 1. The van der Waals surface area contributed by atoms with E-state index in [-0.39, 0.29) is 4.90 Å². The van der Waals surface area contributed by atoms with Crippen LogP contribution < -0.4 is 14.2 Å². The lowest BCUT2D eigenvalue weighted by Gasteiger charge is -2.12. The van der Waals surface area contributed by atoms with Gasteiger partial charge < -0.3 is 9.47 Å². The number of fused-ring (bicyclic) bond motifs is 1. The molecule has 4 rings (SSSR count). The second kappa shape index (κ2) is 7.97. The number of anilines is 1. The highest BCUT2D eigenvalue weighted by atomic mass is 32.2. The molecule has 1 heterocycles. The number of aryl methyl sites for hydroxylation is 1. The number of hydrogen-bond acceptors (Lipinski definition) is 6. The number of sulfonamides is 1. The minimum Gasteiger partial charge on any atom is -0.493 e. The SMILES string of the molecule is COc1ccc(S(=O)(=O)Nc2ccc(-c3nc4ccc(C)cc4s3)cc2)cc1OC.